The average molecular weight is 295 g/mol. The summed E-state index contributed by atoms with van der Waals surface area (Å²) in [7, 11) is 0. The van der Waals surface area contributed by atoms with Crippen LogP contribution in [0.3, 0.4) is 0 Å². The fourth-order valence-corrected chi connectivity index (χ4v) is 3.13. The molecular formula is C16H17N5O. The number of nitrogens with one attached hydrogen (secondary N) is 1. The molecule has 0 spiro atoms. The van der Waals surface area contributed by atoms with Crippen LogP contribution in [0.25, 0.3) is 5.65 Å². The van der Waals surface area contributed by atoms with Gasteiger partial charge in [0, 0.05) is 13.1 Å². The molecule has 1 saturated heterocycles. The number of rotatable bonds is 2. The van der Waals surface area contributed by atoms with E-state index in [0.717, 1.165) is 31.7 Å². The highest BCUT2D eigenvalue weighted by molar-refractivity contribution is 5.45. The number of benzene rings is 1. The summed E-state index contributed by atoms with van der Waals surface area (Å²) in [6.07, 6.45) is 2.20. The highest BCUT2D eigenvalue weighted by atomic mass is 16.2. The van der Waals surface area contributed by atoms with Gasteiger partial charge in [-0.15, -0.1) is 5.10 Å². The Bertz CT molecular complexity index is 830. The Morgan fingerprint density at radius 2 is 1.82 bits per heavy atom. The molecule has 0 saturated carbocycles. The minimum atomic E-state index is -0.295. The van der Waals surface area contributed by atoms with Gasteiger partial charge >= 0.3 is 5.69 Å². The second kappa shape index (κ2) is 5.29. The Labute approximate surface area is 127 Å². The molecule has 0 amide bonds. The molecule has 22 heavy (non-hydrogen) atoms. The highest BCUT2D eigenvalue weighted by Gasteiger charge is 2.21. The Balaban J connectivity index is 1.53. The highest BCUT2D eigenvalue weighted by Crippen LogP contribution is 2.29. The van der Waals surface area contributed by atoms with Gasteiger partial charge in [-0.05, 0) is 36.5 Å². The van der Waals surface area contributed by atoms with Crippen LogP contribution in [0.15, 0.2) is 47.3 Å². The zero-order valence-electron chi connectivity index (χ0n) is 12.1. The Hall–Kier alpha value is -2.63. The maximum Gasteiger partial charge on any atom is 0.364 e. The number of fused-ring (bicyclic) bond motifs is 1. The first kappa shape index (κ1) is 13.1. The third kappa shape index (κ3) is 2.26. The van der Waals surface area contributed by atoms with E-state index in [0.29, 0.717) is 11.6 Å². The van der Waals surface area contributed by atoms with Gasteiger partial charge < -0.3 is 4.90 Å². The van der Waals surface area contributed by atoms with Gasteiger partial charge in [0.2, 0.25) is 0 Å². The molecule has 3 aromatic rings. The molecule has 0 atom stereocenters. The third-order valence-corrected chi connectivity index (χ3v) is 4.35. The Morgan fingerprint density at radius 3 is 2.59 bits per heavy atom. The summed E-state index contributed by atoms with van der Waals surface area (Å²) < 4.78 is 1.32. The Morgan fingerprint density at radius 1 is 1.05 bits per heavy atom. The summed E-state index contributed by atoms with van der Waals surface area (Å²) in [5, 5.41) is 10.7. The SMILES string of the molecule is O=c1[nH]nc2ccc(N3CCC(c4ccccc4)CC3)nn12. The first-order chi connectivity index (χ1) is 10.8. The van der Waals surface area contributed by atoms with Crippen molar-refractivity contribution in [2.75, 3.05) is 18.0 Å². The van der Waals surface area contributed by atoms with Gasteiger partial charge in [0.25, 0.3) is 0 Å². The lowest BCUT2D eigenvalue weighted by Gasteiger charge is -2.32. The largest absolute Gasteiger partial charge is 0.364 e. The first-order valence-corrected chi connectivity index (χ1v) is 7.55. The topological polar surface area (TPSA) is 66.3 Å². The van der Waals surface area contributed by atoms with Crippen LogP contribution in [0.5, 0.6) is 0 Å². The minimum absolute atomic E-state index is 0.295. The van der Waals surface area contributed by atoms with Crippen molar-refractivity contribution in [1.82, 2.24) is 19.8 Å². The molecule has 3 heterocycles. The van der Waals surface area contributed by atoms with Crippen molar-refractivity contribution in [2.45, 2.75) is 18.8 Å². The lowest BCUT2D eigenvalue weighted by Crippen LogP contribution is -2.34. The molecule has 0 radical (unpaired) electrons. The molecule has 2 aromatic heterocycles. The number of hydrogen-bond donors (Lipinski definition) is 1. The third-order valence-electron chi connectivity index (χ3n) is 4.35. The van der Waals surface area contributed by atoms with Crippen molar-refractivity contribution in [3.63, 3.8) is 0 Å². The number of hydrogen-bond acceptors (Lipinski definition) is 4. The minimum Gasteiger partial charge on any atom is -0.355 e. The maximum atomic E-state index is 11.6. The van der Waals surface area contributed by atoms with Crippen LogP contribution in [-0.2, 0) is 0 Å². The van der Waals surface area contributed by atoms with Gasteiger partial charge in [0.05, 0.1) is 0 Å². The molecule has 6 heteroatoms. The van der Waals surface area contributed by atoms with Crippen molar-refractivity contribution < 1.29 is 0 Å². The van der Waals surface area contributed by atoms with Crippen LogP contribution >= 0.6 is 0 Å². The molecular weight excluding hydrogens is 278 g/mol. The van der Waals surface area contributed by atoms with E-state index in [-0.39, 0.29) is 5.69 Å². The van der Waals surface area contributed by atoms with Crippen molar-refractivity contribution in [3.05, 3.63) is 58.5 Å². The number of nitrogens with zero attached hydrogens (tertiary/aromatic N) is 4. The fourth-order valence-electron chi connectivity index (χ4n) is 3.13. The first-order valence-electron chi connectivity index (χ1n) is 7.55. The predicted molar refractivity (Wildman–Crippen MR) is 84.2 cm³/mol. The van der Waals surface area contributed by atoms with Crippen LogP contribution in [0, 0.1) is 0 Å². The quantitative estimate of drug-likeness (QED) is 0.783. The van der Waals surface area contributed by atoms with Crippen molar-refractivity contribution in [2.24, 2.45) is 0 Å². The number of aromatic amines is 1. The predicted octanol–water partition coefficient (Wildman–Crippen LogP) is 1.80. The van der Waals surface area contributed by atoms with Crippen molar-refractivity contribution in [3.8, 4) is 0 Å². The number of piperidine rings is 1. The van der Waals surface area contributed by atoms with Crippen LogP contribution in [0.1, 0.15) is 24.3 Å². The average Bonchev–Trinajstić information content (AvgIpc) is 2.96. The van der Waals surface area contributed by atoms with Crippen LogP contribution in [-0.4, -0.2) is 32.9 Å². The van der Waals surface area contributed by atoms with Crippen LogP contribution in [0.4, 0.5) is 5.82 Å². The van der Waals surface area contributed by atoms with Crippen molar-refractivity contribution in [1.29, 1.82) is 0 Å². The molecule has 6 nitrogen and oxygen atoms in total. The summed E-state index contributed by atoms with van der Waals surface area (Å²) in [5.74, 6) is 1.44. The molecule has 0 aliphatic carbocycles. The second-order valence-electron chi connectivity index (χ2n) is 5.66. The van der Waals surface area contributed by atoms with E-state index in [1.807, 2.05) is 12.1 Å². The molecule has 1 N–H and O–H groups in total. The fraction of sp³-hybridized carbons (Fsp3) is 0.312. The zero-order chi connectivity index (χ0) is 14.9. The molecule has 0 bridgehead atoms. The Kier molecular flexibility index (Phi) is 3.14. The molecule has 1 aliphatic rings. The molecule has 0 unspecified atom stereocenters. The standard InChI is InChI=1S/C16H17N5O/c22-16-18-17-14-6-7-15(19-21(14)16)20-10-8-13(9-11-20)12-4-2-1-3-5-12/h1-7,13H,8-11H2,(H,18,22). The molecule has 1 aliphatic heterocycles. The maximum absolute atomic E-state index is 11.6. The van der Waals surface area contributed by atoms with E-state index in [1.54, 1.807) is 0 Å². The summed E-state index contributed by atoms with van der Waals surface area (Å²) in [4.78, 5) is 13.8. The lowest BCUT2D eigenvalue weighted by molar-refractivity contribution is 0.501. The summed E-state index contributed by atoms with van der Waals surface area (Å²) in [6, 6.07) is 14.4. The number of anilines is 1. The molecule has 1 fully saturated rings. The second-order valence-corrected chi connectivity index (χ2v) is 5.66. The van der Waals surface area contributed by atoms with E-state index >= 15 is 0 Å². The van der Waals surface area contributed by atoms with Gasteiger partial charge in [-0.25, -0.2) is 9.89 Å². The van der Waals surface area contributed by atoms with Gasteiger partial charge in [0.1, 0.15) is 5.82 Å². The van der Waals surface area contributed by atoms with Crippen LogP contribution in [0.2, 0.25) is 0 Å². The summed E-state index contributed by atoms with van der Waals surface area (Å²) in [5.41, 5.74) is 1.67. The zero-order valence-corrected chi connectivity index (χ0v) is 12.1. The van der Waals surface area contributed by atoms with Gasteiger partial charge in [-0.2, -0.15) is 9.61 Å². The summed E-state index contributed by atoms with van der Waals surface area (Å²) >= 11 is 0. The smallest absolute Gasteiger partial charge is 0.355 e. The van der Waals surface area contributed by atoms with E-state index in [9.17, 15) is 4.79 Å². The monoisotopic (exact) mass is 295 g/mol. The van der Waals surface area contributed by atoms with E-state index in [2.05, 4.69) is 50.5 Å². The summed E-state index contributed by atoms with van der Waals surface area (Å²) in [6.45, 7) is 1.90. The molecule has 4 rings (SSSR count). The number of H-pyrrole nitrogens is 1. The van der Waals surface area contributed by atoms with Crippen molar-refractivity contribution >= 4 is 11.5 Å². The molecule has 1 aromatic carbocycles. The normalized spacial score (nSPS) is 16.3. The van der Waals surface area contributed by atoms with Gasteiger partial charge in [0.15, 0.2) is 5.65 Å². The van der Waals surface area contributed by atoms with Crippen LogP contribution < -0.4 is 10.6 Å². The van der Waals surface area contributed by atoms with E-state index in [1.165, 1.54) is 10.1 Å². The van der Waals surface area contributed by atoms with E-state index in [4.69, 9.17) is 0 Å². The van der Waals surface area contributed by atoms with Gasteiger partial charge in [-0.1, -0.05) is 30.3 Å². The van der Waals surface area contributed by atoms with Gasteiger partial charge in [-0.3, -0.25) is 0 Å². The number of aromatic nitrogens is 4. The lowest BCUT2D eigenvalue weighted by atomic mass is 9.89. The van der Waals surface area contributed by atoms with E-state index < -0.39 is 0 Å². The molecule has 112 valence electrons.